The zero-order valence-electron chi connectivity index (χ0n) is 13.7. The van der Waals surface area contributed by atoms with Crippen LogP contribution in [0.15, 0.2) is 53.4 Å². The van der Waals surface area contributed by atoms with E-state index in [0.29, 0.717) is 16.0 Å². The summed E-state index contributed by atoms with van der Waals surface area (Å²) in [4.78, 5) is 17.6. The van der Waals surface area contributed by atoms with Crippen molar-refractivity contribution in [3.8, 4) is 22.5 Å². The van der Waals surface area contributed by atoms with Crippen molar-refractivity contribution in [3.63, 3.8) is 0 Å². The Hall–Kier alpha value is -2.93. The third kappa shape index (κ3) is 2.90. The van der Waals surface area contributed by atoms with Crippen molar-refractivity contribution in [1.29, 1.82) is 0 Å². The summed E-state index contributed by atoms with van der Waals surface area (Å²) in [5.74, 6) is -0.0415. The van der Waals surface area contributed by atoms with Gasteiger partial charge in [0.2, 0.25) is 0 Å². The lowest BCUT2D eigenvalue weighted by Crippen LogP contribution is -2.01. The van der Waals surface area contributed by atoms with Crippen LogP contribution in [0, 0.1) is 12.7 Å². The molecule has 26 heavy (non-hydrogen) atoms. The molecule has 0 aliphatic heterocycles. The van der Waals surface area contributed by atoms with Crippen molar-refractivity contribution in [3.05, 3.63) is 64.9 Å². The number of nitrogen functional groups attached to an aromatic ring is 1. The molecule has 2 aromatic heterocycles. The minimum atomic E-state index is -0.313. The molecule has 0 aliphatic carbocycles. The number of rotatable bonds is 2. The highest BCUT2D eigenvalue weighted by molar-refractivity contribution is 9.10. The Labute approximate surface area is 157 Å². The van der Waals surface area contributed by atoms with E-state index < -0.39 is 0 Å². The van der Waals surface area contributed by atoms with Gasteiger partial charge in [0.05, 0.1) is 16.9 Å². The van der Waals surface area contributed by atoms with E-state index in [2.05, 4.69) is 35.9 Å². The van der Waals surface area contributed by atoms with Crippen LogP contribution in [0.2, 0.25) is 0 Å². The predicted octanol–water partition coefficient (Wildman–Crippen LogP) is 4.55. The lowest BCUT2D eigenvalue weighted by molar-refractivity contribution is 0.628. The van der Waals surface area contributed by atoms with Crippen molar-refractivity contribution in [1.82, 2.24) is 19.9 Å². The molecule has 0 saturated carbocycles. The number of nitrogens with zero attached hydrogens (tertiary/aromatic N) is 4. The number of hydrogen-bond acceptors (Lipinski definition) is 5. The SMILES string of the molecule is Cc1ncnc2ccc(-c3nc(Br)c(N)nc3-c3ccc(F)cc3)cc12. The van der Waals surface area contributed by atoms with Gasteiger partial charge in [0.25, 0.3) is 0 Å². The Morgan fingerprint density at radius 2 is 1.62 bits per heavy atom. The van der Waals surface area contributed by atoms with Crippen molar-refractivity contribution in [2.24, 2.45) is 0 Å². The Kier molecular flexibility index (Phi) is 4.08. The highest BCUT2D eigenvalue weighted by atomic mass is 79.9. The van der Waals surface area contributed by atoms with Crippen LogP contribution in [0.1, 0.15) is 5.69 Å². The normalized spacial score (nSPS) is 11.0. The van der Waals surface area contributed by atoms with E-state index in [-0.39, 0.29) is 11.6 Å². The average Bonchev–Trinajstić information content (AvgIpc) is 2.64. The molecule has 2 N–H and O–H groups in total. The number of anilines is 1. The summed E-state index contributed by atoms with van der Waals surface area (Å²) >= 11 is 3.34. The van der Waals surface area contributed by atoms with E-state index >= 15 is 0 Å². The van der Waals surface area contributed by atoms with Gasteiger partial charge in [-0.25, -0.2) is 24.3 Å². The first-order chi connectivity index (χ1) is 12.5. The fourth-order valence-electron chi connectivity index (χ4n) is 2.77. The first kappa shape index (κ1) is 16.5. The number of fused-ring (bicyclic) bond motifs is 1. The first-order valence-electron chi connectivity index (χ1n) is 7.83. The lowest BCUT2D eigenvalue weighted by Gasteiger charge is -2.12. The maximum absolute atomic E-state index is 13.3. The van der Waals surface area contributed by atoms with Crippen LogP contribution in [0.3, 0.4) is 0 Å². The van der Waals surface area contributed by atoms with Gasteiger partial charge in [0.1, 0.15) is 16.7 Å². The Morgan fingerprint density at radius 1 is 0.923 bits per heavy atom. The van der Waals surface area contributed by atoms with Gasteiger partial charge >= 0.3 is 0 Å². The predicted molar refractivity (Wildman–Crippen MR) is 103 cm³/mol. The molecule has 0 radical (unpaired) electrons. The minimum Gasteiger partial charge on any atom is -0.381 e. The molecule has 2 heterocycles. The summed E-state index contributed by atoms with van der Waals surface area (Å²) in [6.45, 7) is 1.93. The molecule has 0 bridgehead atoms. The molecule has 5 nitrogen and oxygen atoms in total. The van der Waals surface area contributed by atoms with Gasteiger partial charge in [-0.3, -0.25) is 0 Å². The highest BCUT2D eigenvalue weighted by Crippen LogP contribution is 2.33. The van der Waals surface area contributed by atoms with Crippen LogP contribution in [-0.2, 0) is 0 Å². The Balaban J connectivity index is 1.97. The van der Waals surface area contributed by atoms with Crippen LogP contribution in [0.5, 0.6) is 0 Å². The zero-order chi connectivity index (χ0) is 18.3. The summed E-state index contributed by atoms with van der Waals surface area (Å²) in [7, 11) is 0. The number of hydrogen-bond donors (Lipinski definition) is 1. The Bertz CT molecular complexity index is 1130. The summed E-state index contributed by atoms with van der Waals surface area (Å²) in [5.41, 5.74) is 10.5. The summed E-state index contributed by atoms with van der Waals surface area (Å²) in [6, 6.07) is 11.9. The molecule has 7 heteroatoms. The molecular weight excluding hydrogens is 397 g/mol. The number of aromatic nitrogens is 4. The van der Waals surface area contributed by atoms with Gasteiger partial charge < -0.3 is 5.73 Å². The highest BCUT2D eigenvalue weighted by Gasteiger charge is 2.15. The molecule has 0 aliphatic rings. The Morgan fingerprint density at radius 3 is 2.38 bits per heavy atom. The third-order valence-electron chi connectivity index (χ3n) is 4.10. The van der Waals surface area contributed by atoms with Crippen LogP contribution in [-0.4, -0.2) is 19.9 Å². The zero-order valence-corrected chi connectivity index (χ0v) is 15.3. The van der Waals surface area contributed by atoms with Crippen LogP contribution < -0.4 is 5.73 Å². The summed E-state index contributed by atoms with van der Waals surface area (Å²) < 4.78 is 13.8. The van der Waals surface area contributed by atoms with Gasteiger partial charge in [-0.1, -0.05) is 6.07 Å². The molecule has 0 atom stereocenters. The molecule has 4 aromatic rings. The monoisotopic (exact) mass is 409 g/mol. The molecule has 0 unspecified atom stereocenters. The molecule has 0 saturated heterocycles. The number of benzene rings is 2. The topological polar surface area (TPSA) is 77.6 Å². The van der Waals surface area contributed by atoms with Crippen molar-refractivity contribution < 1.29 is 4.39 Å². The average molecular weight is 410 g/mol. The van der Waals surface area contributed by atoms with E-state index in [4.69, 9.17) is 5.73 Å². The van der Waals surface area contributed by atoms with Crippen molar-refractivity contribution >= 4 is 32.7 Å². The van der Waals surface area contributed by atoms with Gasteiger partial charge in [-0.15, -0.1) is 0 Å². The minimum absolute atomic E-state index is 0.272. The molecule has 0 amide bonds. The second kappa shape index (κ2) is 6.42. The van der Waals surface area contributed by atoms with E-state index in [9.17, 15) is 4.39 Å². The van der Waals surface area contributed by atoms with Crippen LogP contribution in [0.25, 0.3) is 33.4 Å². The van der Waals surface area contributed by atoms with Crippen LogP contribution >= 0.6 is 15.9 Å². The van der Waals surface area contributed by atoms with Gasteiger partial charge in [-0.05, 0) is 59.3 Å². The molecule has 2 aromatic carbocycles. The number of halogens is 2. The number of nitrogens with two attached hydrogens (primary N) is 1. The molecule has 128 valence electrons. The van der Waals surface area contributed by atoms with Crippen LogP contribution in [0.4, 0.5) is 10.2 Å². The molecule has 0 fully saturated rings. The third-order valence-corrected chi connectivity index (χ3v) is 4.69. The largest absolute Gasteiger partial charge is 0.381 e. The first-order valence-corrected chi connectivity index (χ1v) is 8.63. The summed E-state index contributed by atoms with van der Waals surface area (Å²) in [6.07, 6.45) is 1.54. The molecular formula is C19H13BrFN5. The fourth-order valence-corrected chi connectivity index (χ4v) is 3.04. The maximum atomic E-state index is 13.3. The number of aryl methyl sites for hydroxylation is 1. The standard InChI is InChI=1S/C19H13BrFN5/c1-10-14-8-12(4-7-15(14)24-9-23-10)17-16(26-19(22)18(20)25-17)11-2-5-13(21)6-3-11/h2-9H,1H3,(H2,22,26). The maximum Gasteiger partial charge on any atom is 0.157 e. The van der Waals surface area contributed by atoms with E-state index in [1.807, 2.05) is 25.1 Å². The molecule has 4 rings (SSSR count). The van der Waals surface area contributed by atoms with E-state index in [1.54, 1.807) is 18.5 Å². The fraction of sp³-hybridized carbons (Fsp3) is 0.0526. The van der Waals surface area contributed by atoms with Gasteiger partial charge in [0, 0.05) is 22.2 Å². The molecule has 0 spiro atoms. The second-order valence-electron chi connectivity index (χ2n) is 5.79. The van der Waals surface area contributed by atoms with E-state index in [0.717, 1.165) is 27.7 Å². The summed E-state index contributed by atoms with van der Waals surface area (Å²) in [5, 5.41) is 0.935. The van der Waals surface area contributed by atoms with Crippen molar-refractivity contribution in [2.45, 2.75) is 6.92 Å². The quantitative estimate of drug-likeness (QED) is 0.525. The van der Waals surface area contributed by atoms with Gasteiger partial charge in [-0.2, -0.15) is 0 Å². The van der Waals surface area contributed by atoms with Gasteiger partial charge in [0.15, 0.2) is 5.82 Å². The van der Waals surface area contributed by atoms with E-state index in [1.165, 1.54) is 12.1 Å². The lowest BCUT2D eigenvalue weighted by atomic mass is 10.0. The van der Waals surface area contributed by atoms with Crippen molar-refractivity contribution in [2.75, 3.05) is 5.73 Å². The smallest absolute Gasteiger partial charge is 0.157 e. The second-order valence-corrected chi connectivity index (χ2v) is 6.55.